The van der Waals surface area contributed by atoms with Crippen LogP contribution in [0.3, 0.4) is 0 Å². The minimum Gasteiger partial charge on any atom is -0.463 e. The summed E-state index contributed by atoms with van der Waals surface area (Å²) in [5.41, 5.74) is 0.256. The zero-order chi connectivity index (χ0) is 12.8. The molecule has 0 fully saturated rings. The predicted molar refractivity (Wildman–Crippen MR) is 58.1 cm³/mol. The van der Waals surface area contributed by atoms with Crippen LogP contribution in [0.1, 0.15) is 26.5 Å². The highest BCUT2D eigenvalue weighted by atomic mass is 19.1. The second kappa shape index (κ2) is 6.12. The van der Waals surface area contributed by atoms with Crippen molar-refractivity contribution in [3.8, 4) is 5.88 Å². The van der Waals surface area contributed by atoms with Gasteiger partial charge in [0.15, 0.2) is 6.10 Å². The number of ether oxygens (including phenoxy) is 2. The monoisotopic (exact) mass is 242 g/mol. The maximum atomic E-state index is 13.7. The number of carbonyl (C=O) groups excluding carboxylic acids is 1. The topological polar surface area (TPSA) is 61.3 Å². The largest absolute Gasteiger partial charge is 0.463 e. The van der Waals surface area contributed by atoms with Crippen molar-refractivity contribution in [1.29, 1.82) is 0 Å². The van der Waals surface area contributed by atoms with Crippen LogP contribution in [0.2, 0.25) is 0 Å². The van der Waals surface area contributed by atoms with E-state index in [1.54, 1.807) is 13.8 Å². The third-order valence-electron chi connectivity index (χ3n) is 2.07. The Morgan fingerprint density at radius 1 is 1.47 bits per heavy atom. The Kier molecular flexibility index (Phi) is 4.81. The third kappa shape index (κ3) is 3.37. The number of hydrogen-bond acceptors (Lipinski definition) is 5. The molecular weight excluding hydrogens is 227 g/mol. The molecule has 0 N–H and O–H groups in total. The van der Waals surface area contributed by atoms with Crippen LogP contribution in [0.4, 0.5) is 4.39 Å². The minimum atomic E-state index is -0.899. The molecule has 0 amide bonds. The molecule has 0 aliphatic rings. The number of hydrogen-bond donors (Lipinski definition) is 0. The van der Waals surface area contributed by atoms with Crippen LogP contribution in [0.5, 0.6) is 5.88 Å². The second-order valence-corrected chi connectivity index (χ2v) is 3.31. The molecule has 94 valence electrons. The van der Waals surface area contributed by atoms with E-state index >= 15 is 0 Å². The van der Waals surface area contributed by atoms with E-state index < -0.39 is 17.9 Å². The summed E-state index contributed by atoms with van der Waals surface area (Å²) in [7, 11) is 0. The second-order valence-electron chi connectivity index (χ2n) is 3.31. The normalized spacial score (nSPS) is 12.0. The smallest absolute Gasteiger partial charge is 0.347 e. The van der Waals surface area contributed by atoms with Crippen molar-refractivity contribution in [1.82, 2.24) is 9.97 Å². The Morgan fingerprint density at radius 3 is 2.76 bits per heavy atom. The van der Waals surface area contributed by atoms with Crippen molar-refractivity contribution in [3.63, 3.8) is 0 Å². The summed E-state index contributed by atoms with van der Waals surface area (Å²) in [4.78, 5) is 18.7. The highest BCUT2D eigenvalue weighted by Gasteiger charge is 2.20. The zero-order valence-corrected chi connectivity index (χ0v) is 10.1. The van der Waals surface area contributed by atoms with Crippen LogP contribution < -0.4 is 4.74 Å². The maximum Gasteiger partial charge on any atom is 0.347 e. The zero-order valence-electron chi connectivity index (χ0n) is 10.1. The summed E-state index contributed by atoms with van der Waals surface area (Å²) in [5.74, 6) is -1.41. The Labute approximate surface area is 99.0 Å². The average molecular weight is 242 g/mol. The lowest BCUT2D eigenvalue weighted by molar-refractivity contribution is -0.150. The number of carbonyl (C=O) groups is 1. The van der Waals surface area contributed by atoms with Gasteiger partial charge in [-0.05, 0) is 20.3 Å². The molecular formula is C11H15FN2O3. The van der Waals surface area contributed by atoms with Gasteiger partial charge in [-0.25, -0.2) is 9.78 Å². The van der Waals surface area contributed by atoms with Gasteiger partial charge in [-0.1, -0.05) is 6.92 Å². The average Bonchev–Trinajstić information content (AvgIpc) is 2.32. The van der Waals surface area contributed by atoms with E-state index in [1.807, 2.05) is 0 Å². The van der Waals surface area contributed by atoms with Crippen molar-refractivity contribution in [2.24, 2.45) is 0 Å². The number of rotatable bonds is 5. The lowest BCUT2D eigenvalue weighted by Gasteiger charge is -2.13. The van der Waals surface area contributed by atoms with Gasteiger partial charge in [-0.3, -0.25) is 0 Å². The van der Waals surface area contributed by atoms with Crippen molar-refractivity contribution < 1.29 is 18.7 Å². The third-order valence-corrected chi connectivity index (χ3v) is 2.07. The number of aryl methyl sites for hydroxylation is 1. The van der Waals surface area contributed by atoms with Gasteiger partial charge in [-0.15, -0.1) is 0 Å². The molecule has 0 aromatic carbocycles. The molecule has 17 heavy (non-hydrogen) atoms. The number of nitrogens with zero attached hydrogens (tertiary/aromatic N) is 2. The van der Waals surface area contributed by atoms with Crippen LogP contribution >= 0.6 is 0 Å². The first-order chi connectivity index (χ1) is 8.10. The first-order valence-corrected chi connectivity index (χ1v) is 5.42. The first kappa shape index (κ1) is 13.3. The molecule has 0 radical (unpaired) electrons. The lowest BCUT2D eigenvalue weighted by Crippen LogP contribution is -2.27. The van der Waals surface area contributed by atoms with Crippen LogP contribution in [0, 0.1) is 5.82 Å². The van der Waals surface area contributed by atoms with Crippen molar-refractivity contribution in [2.45, 2.75) is 33.3 Å². The Bertz CT molecular complexity index is 398. The van der Waals surface area contributed by atoms with Gasteiger partial charge in [-0.2, -0.15) is 9.37 Å². The minimum absolute atomic E-state index is 0.225. The van der Waals surface area contributed by atoms with E-state index in [1.165, 1.54) is 13.3 Å². The summed E-state index contributed by atoms with van der Waals surface area (Å²) in [6.07, 6.45) is 0.734. The van der Waals surface area contributed by atoms with E-state index in [0.717, 1.165) is 0 Å². The van der Waals surface area contributed by atoms with Gasteiger partial charge in [0.05, 0.1) is 12.3 Å². The maximum absolute atomic E-state index is 13.7. The highest BCUT2D eigenvalue weighted by Crippen LogP contribution is 2.17. The van der Waals surface area contributed by atoms with Gasteiger partial charge in [0.1, 0.15) is 6.33 Å². The van der Waals surface area contributed by atoms with Crippen molar-refractivity contribution >= 4 is 5.97 Å². The van der Waals surface area contributed by atoms with Crippen molar-refractivity contribution in [3.05, 3.63) is 17.8 Å². The van der Waals surface area contributed by atoms with E-state index in [2.05, 4.69) is 9.97 Å². The number of halogens is 1. The molecule has 0 saturated carbocycles. The Morgan fingerprint density at radius 2 is 2.18 bits per heavy atom. The van der Waals surface area contributed by atoms with E-state index in [-0.39, 0.29) is 18.2 Å². The molecule has 0 aliphatic carbocycles. The van der Waals surface area contributed by atoms with Gasteiger partial charge in [0.25, 0.3) is 5.88 Å². The van der Waals surface area contributed by atoms with Crippen LogP contribution in [-0.4, -0.2) is 28.6 Å². The van der Waals surface area contributed by atoms with Crippen molar-refractivity contribution in [2.75, 3.05) is 6.61 Å². The molecule has 6 heteroatoms. The van der Waals surface area contributed by atoms with Gasteiger partial charge >= 0.3 is 5.97 Å². The molecule has 1 aromatic rings. The quantitative estimate of drug-likeness (QED) is 0.732. The molecule has 0 saturated heterocycles. The number of aromatic nitrogens is 2. The molecule has 1 rings (SSSR count). The molecule has 0 bridgehead atoms. The van der Waals surface area contributed by atoms with Gasteiger partial charge in [0, 0.05) is 0 Å². The SMILES string of the molecule is CCOC(=O)C(C)Oc1ncnc(CC)c1F. The van der Waals surface area contributed by atoms with Crippen LogP contribution in [-0.2, 0) is 16.0 Å². The summed E-state index contributed by atoms with van der Waals surface area (Å²) < 4.78 is 23.5. The van der Waals surface area contributed by atoms with Crippen LogP contribution in [0.25, 0.3) is 0 Å². The summed E-state index contributed by atoms with van der Waals surface area (Å²) in [6.45, 7) is 5.18. The molecule has 1 unspecified atom stereocenters. The van der Waals surface area contributed by atoms with Crippen LogP contribution in [0.15, 0.2) is 6.33 Å². The van der Waals surface area contributed by atoms with E-state index in [9.17, 15) is 9.18 Å². The molecule has 1 aromatic heterocycles. The van der Waals surface area contributed by atoms with E-state index in [4.69, 9.17) is 9.47 Å². The Hall–Kier alpha value is -1.72. The summed E-state index contributed by atoms with van der Waals surface area (Å²) >= 11 is 0. The molecule has 5 nitrogen and oxygen atoms in total. The molecule has 1 atom stereocenters. The summed E-state index contributed by atoms with van der Waals surface area (Å²) in [6, 6.07) is 0. The molecule has 1 heterocycles. The first-order valence-electron chi connectivity index (χ1n) is 5.42. The van der Waals surface area contributed by atoms with Gasteiger partial charge < -0.3 is 9.47 Å². The number of esters is 1. The fourth-order valence-electron chi connectivity index (χ4n) is 1.19. The lowest BCUT2D eigenvalue weighted by atomic mass is 10.3. The van der Waals surface area contributed by atoms with E-state index in [0.29, 0.717) is 6.42 Å². The fraction of sp³-hybridized carbons (Fsp3) is 0.545. The van der Waals surface area contributed by atoms with Gasteiger partial charge in [0.2, 0.25) is 5.82 Å². The summed E-state index contributed by atoms with van der Waals surface area (Å²) in [5, 5.41) is 0. The highest BCUT2D eigenvalue weighted by molar-refractivity contribution is 5.74. The molecule has 0 spiro atoms. The fourth-order valence-corrected chi connectivity index (χ4v) is 1.19. The predicted octanol–water partition coefficient (Wildman–Crippen LogP) is 1.51. The standard InChI is InChI=1S/C11H15FN2O3/c1-4-8-9(12)10(14-6-13-8)17-7(3)11(15)16-5-2/h6-7H,4-5H2,1-3H3. The Balaban J connectivity index is 2.78. The molecule has 0 aliphatic heterocycles.